The SMILES string of the molecule is CNCCOCOCCOC. The third-order valence-electron chi connectivity index (χ3n) is 1.09. The van der Waals surface area contributed by atoms with Gasteiger partial charge in [0.1, 0.15) is 6.79 Å². The van der Waals surface area contributed by atoms with Crippen LogP contribution < -0.4 is 5.32 Å². The predicted octanol–water partition coefficient (Wildman–Crippen LogP) is -0.157. The molecule has 0 aliphatic heterocycles. The van der Waals surface area contributed by atoms with Gasteiger partial charge >= 0.3 is 0 Å². The summed E-state index contributed by atoms with van der Waals surface area (Å²) in [5.74, 6) is 0. The van der Waals surface area contributed by atoms with Gasteiger partial charge in [0.05, 0.1) is 19.8 Å². The Kier molecular flexibility index (Phi) is 9.70. The van der Waals surface area contributed by atoms with Crippen molar-refractivity contribution in [1.29, 1.82) is 0 Å². The molecule has 4 heteroatoms. The van der Waals surface area contributed by atoms with Crippen molar-refractivity contribution in [3.05, 3.63) is 0 Å². The molecule has 0 amide bonds. The summed E-state index contributed by atoms with van der Waals surface area (Å²) in [6, 6.07) is 0. The third kappa shape index (κ3) is 9.84. The van der Waals surface area contributed by atoms with Crippen LogP contribution in [-0.2, 0) is 14.2 Å². The zero-order valence-electron chi connectivity index (χ0n) is 7.26. The van der Waals surface area contributed by atoms with E-state index in [9.17, 15) is 0 Å². The fourth-order valence-corrected chi connectivity index (χ4v) is 0.493. The summed E-state index contributed by atoms with van der Waals surface area (Å²) in [5, 5.41) is 2.96. The molecule has 0 heterocycles. The van der Waals surface area contributed by atoms with Crippen molar-refractivity contribution < 1.29 is 14.2 Å². The molecule has 0 aromatic heterocycles. The van der Waals surface area contributed by atoms with Crippen LogP contribution in [0.2, 0.25) is 0 Å². The molecule has 1 N–H and O–H groups in total. The standard InChI is InChI=1S/C7H17NO3/c1-8-3-4-10-7-11-6-5-9-2/h8H,3-7H2,1-2H3. The van der Waals surface area contributed by atoms with Crippen molar-refractivity contribution in [2.75, 3.05) is 47.3 Å². The van der Waals surface area contributed by atoms with Crippen LogP contribution in [0.15, 0.2) is 0 Å². The van der Waals surface area contributed by atoms with Crippen LogP contribution in [0.25, 0.3) is 0 Å². The van der Waals surface area contributed by atoms with E-state index >= 15 is 0 Å². The van der Waals surface area contributed by atoms with Crippen LogP contribution in [0.3, 0.4) is 0 Å². The molecule has 0 radical (unpaired) electrons. The van der Waals surface area contributed by atoms with Gasteiger partial charge in [0, 0.05) is 13.7 Å². The van der Waals surface area contributed by atoms with Crippen molar-refractivity contribution in [2.45, 2.75) is 0 Å². The van der Waals surface area contributed by atoms with E-state index in [1.165, 1.54) is 0 Å². The first-order valence-electron chi connectivity index (χ1n) is 3.71. The first-order chi connectivity index (χ1) is 5.41. The second-order valence-electron chi connectivity index (χ2n) is 2.03. The number of likely N-dealkylation sites (N-methyl/N-ethyl adjacent to an activating group) is 1. The van der Waals surface area contributed by atoms with E-state index in [0.717, 1.165) is 6.54 Å². The zero-order chi connectivity index (χ0) is 8.36. The van der Waals surface area contributed by atoms with E-state index in [2.05, 4.69) is 5.32 Å². The molecule has 0 saturated heterocycles. The smallest absolute Gasteiger partial charge is 0.146 e. The Labute approximate surface area is 67.8 Å². The molecule has 0 atom stereocenters. The van der Waals surface area contributed by atoms with Gasteiger partial charge in [-0.15, -0.1) is 0 Å². The van der Waals surface area contributed by atoms with Crippen molar-refractivity contribution >= 4 is 0 Å². The highest BCUT2D eigenvalue weighted by molar-refractivity contribution is 4.32. The second-order valence-corrected chi connectivity index (χ2v) is 2.03. The topological polar surface area (TPSA) is 39.7 Å². The van der Waals surface area contributed by atoms with Crippen LogP contribution >= 0.6 is 0 Å². The molecule has 4 nitrogen and oxygen atoms in total. The van der Waals surface area contributed by atoms with Crippen LogP contribution in [0.1, 0.15) is 0 Å². The summed E-state index contributed by atoms with van der Waals surface area (Å²) < 4.78 is 14.9. The monoisotopic (exact) mass is 163 g/mol. The van der Waals surface area contributed by atoms with E-state index < -0.39 is 0 Å². The van der Waals surface area contributed by atoms with E-state index in [1.54, 1.807) is 7.11 Å². The van der Waals surface area contributed by atoms with E-state index in [4.69, 9.17) is 14.2 Å². The maximum atomic E-state index is 5.08. The molecular weight excluding hydrogens is 146 g/mol. The maximum absolute atomic E-state index is 5.08. The average Bonchev–Trinajstić information content (AvgIpc) is 2.03. The van der Waals surface area contributed by atoms with Crippen molar-refractivity contribution in [3.8, 4) is 0 Å². The quantitative estimate of drug-likeness (QED) is 0.399. The molecule has 0 aromatic carbocycles. The Bertz CT molecular complexity index is 62.7. The minimum atomic E-state index is 0.352. The summed E-state index contributed by atoms with van der Waals surface area (Å²) in [6.07, 6.45) is 0. The van der Waals surface area contributed by atoms with Gasteiger partial charge in [-0.2, -0.15) is 0 Å². The number of methoxy groups -OCH3 is 1. The number of rotatable bonds is 8. The first-order valence-corrected chi connectivity index (χ1v) is 3.71. The Morgan fingerprint density at radius 2 is 1.82 bits per heavy atom. The largest absolute Gasteiger partial charge is 0.382 e. The average molecular weight is 163 g/mol. The molecule has 68 valence electrons. The summed E-state index contributed by atoms with van der Waals surface area (Å²) in [7, 11) is 3.53. The predicted molar refractivity (Wildman–Crippen MR) is 42.6 cm³/mol. The van der Waals surface area contributed by atoms with Gasteiger partial charge in [-0.3, -0.25) is 0 Å². The molecule has 0 aliphatic rings. The van der Waals surface area contributed by atoms with Gasteiger partial charge in [0.25, 0.3) is 0 Å². The molecule has 0 rings (SSSR count). The second kappa shape index (κ2) is 9.84. The minimum absolute atomic E-state index is 0.352. The normalized spacial score (nSPS) is 10.4. The van der Waals surface area contributed by atoms with Crippen LogP contribution in [0.5, 0.6) is 0 Å². The minimum Gasteiger partial charge on any atom is -0.382 e. The molecule has 0 saturated carbocycles. The Morgan fingerprint density at radius 1 is 1.09 bits per heavy atom. The van der Waals surface area contributed by atoms with Crippen molar-refractivity contribution in [1.82, 2.24) is 5.32 Å². The third-order valence-corrected chi connectivity index (χ3v) is 1.09. The van der Waals surface area contributed by atoms with Gasteiger partial charge in [-0.25, -0.2) is 0 Å². The van der Waals surface area contributed by atoms with Crippen LogP contribution in [0, 0.1) is 0 Å². The number of ether oxygens (including phenoxy) is 3. The molecule has 0 spiro atoms. The van der Waals surface area contributed by atoms with Crippen molar-refractivity contribution in [2.24, 2.45) is 0 Å². The molecule has 0 unspecified atom stereocenters. The lowest BCUT2D eigenvalue weighted by atomic mass is 10.7. The van der Waals surface area contributed by atoms with Crippen molar-refractivity contribution in [3.63, 3.8) is 0 Å². The van der Waals surface area contributed by atoms with E-state index in [1.807, 2.05) is 7.05 Å². The van der Waals surface area contributed by atoms with Gasteiger partial charge in [0.15, 0.2) is 0 Å². The van der Waals surface area contributed by atoms with Crippen LogP contribution in [-0.4, -0.2) is 47.3 Å². The fourth-order valence-electron chi connectivity index (χ4n) is 0.493. The molecule has 11 heavy (non-hydrogen) atoms. The maximum Gasteiger partial charge on any atom is 0.146 e. The highest BCUT2D eigenvalue weighted by Gasteiger charge is 1.86. The number of nitrogens with one attached hydrogen (secondary N) is 1. The summed E-state index contributed by atoms with van der Waals surface area (Å²) in [6.45, 7) is 3.10. The summed E-state index contributed by atoms with van der Waals surface area (Å²) >= 11 is 0. The first kappa shape index (κ1) is 10.8. The number of hydrogen-bond acceptors (Lipinski definition) is 4. The highest BCUT2D eigenvalue weighted by Crippen LogP contribution is 1.77. The van der Waals surface area contributed by atoms with E-state index in [-0.39, 0.29) is 0 Å². The fraction of sp³-hybridized carbons (Fsp3) is 1.00. The molecule has 0 aromatic rings. The van der Waals surface area contributed by atoms with Gasteiger partial charge in [-0.05, 0) is 7.05 Å². The molecule has 0 bridgehead atoms. The summed E-state index contributed by atoms with van der Waals surface area (Å²) in [5.41, 5.74) is 0. The Hall–Kier alpha value is -0.160. The van der Waals surface area contributed by atoms with E-state index in [0.29, 0.717) is 26.6 Å². The summed E-state index contributed by atoms with van der Waals surface area (Å²) in [4.78, 5) is 0. The van der Waals surface area contributed by atoms with Crippen LogP contribution in [0.4, 0.5) is 0 Å². The Morgan fingerprint density at radius 3 is 2.45 bits per heavy atom. The van der Waals surface area contributed by atoms with Gasteiger partial charge < -0.3 is 19.5 Å². The molecular formula is C7H17NO3. The Balaban J connectivity index is 2.69. The number of hydrogen-bond donors (Lipinski definition) is 1. The highest BCUT2D eigenvalue weighted by atomic mass is 16.7. The lowest BCUT2D eigenvalue weighted by molar-refractivity contribution is -0.0642. The zero-order valence-corrected chi connectivity index (χ0v) is 7.26. The molecule has 0 aliphatic carbocycles. The van der Waals surface area contributed by atoms with Gasteiger partial charge in [0.2, 0.25) is 0 Å². The molecule has 0 fully saturated rings. The lowest BCUT2D eigenvalue weighted by Gasteiger charge is -2.04. The lowest BCUT2D eigenvalue weighted by Crippen LogP contribution is -2.16. The van der Waals surface area contributed by atoms with Gasteiger partial charge in [-0.1, -0.05) is 0 Å².